The molecule has 0 bridgehead atoms. The van der Waals surface area contributed by atoms with Crippen LogP contribution in [0.2, 0.25) is 0 Å². The van der Waals surface area contributed by atoms with Crippen molar-refractivity contribution in [1.82, 2.24) is 14.2 Å². The summed E-state index contributed by atoms with van der Waals surface area (Å²) in [6.07, 6.45) is 3.83. The molecule has 1 aromatic rings. The second kappa shape index (κ2) is 3.86. The molecule has 3 heterocycles. The minimum atomic E-state index is -1.04. The van der Waals surface area contributed by atoms with Crippen LogP contribution in [0.1, 0.15) is 18.5 Å². The highest BCUT2D eigenvalue weighted by Gasteiger charge is 2.49. The average Bonchev–Trinajstić information content (AvgIpc) is 2.57. The lowest BCUT2D eigenvalue weighted by Gasteiger charge is -2.41. The number of rotatable bonds is 0. The molecule has 5 heteroatoms. The van der Waals surface area contributed by atoms with Crippen molar-refractivity contribution in [3.63, 3.8) is 0 Å². The number of nitrogens with zero attached hydrogens (tertiary/aromatic N) is 3. The molecule has 2 aliphatic heterocycles. The lowest BCUT2D eigenvalue weighted by molar-refractivity contribution is 0.108. The molecule has 4 nitrogen and oxygen atoms in total. The molecular weight excluding hydrogens is 234 g/mol. The monoisotopic (exact) mass is 251 g/mol. The van der Waals surface area contributed by atoms with Gasteiger partial charge in [0.05, 0.1) is 16.1 Å². The zero-order chi connectivity index (χ0) is 12.0. The van der Waals surface area contributed by atoms with E-state index in [4.69, 9.17) is 0 Å². The van der Waals surface area contributed by atoms with Crippen molar-refractivity contribution in [3.8, 4) is 0 Å². The lowest BCUT2D eigenvalue weighted by atomic mass is 9.84. The number of hydrogen-bond donors (Lipinski definition) is 0. The topological polar surface area (TPSA) is 36.4 Å². The zero-order valence-corrected chi connectivity index (χ0v) is 11.0. The van der Waals surface area contributed by atoms with Gasteiger partial charge >= 0.3 is 0 Å². The predicted molar refractivity (Wildman–Crippen MR) is 66.8 cm³/mol. The summed E-state index contributed by atoms with van der Waals surface area (Å²) in [7, 11) is 3.06. The van der Waals surface area contributed by atoms with E-state index in [0.29, 0.717) is 0 Å². The van der Waals surface area contributed by atoms with Gasteiger partial charge in [0.2, 0.25) is 0 Å². The summed E-state index contributed by atoms with van der Waals surface area (Å²) in [5.74, 6) is 0. The van der Waals surface area contributed by atoms with E-state index in [1.165, 1.54) is 0 Å². The van der Waals surface area contributed by atoms with E-state index in [1.54, 1.807) is 0 Å². The van der Waals surface area contributed by atoms with Gasteiger partial charge in [0.15, 0.2) is 0 Å². The highest BCUT2D eigenvalue weighted by Crippen LogP contribution is 2.45. The van der Waals surface area contributed by atoms with E-state index in [0.717, 1.165) is 36.5 Å². The predicted octanol–water partition coefficient (Wildman–Crippen LogP) is 0.971. The zero-order valence-electron chi connectivity index (χ0n) is 10.2. The van der Waals surface area contributed by atoms with Gasteiger partial charge < -0.3 is 4.90 Å². The van der Waals surface area contributed by atoms with Crippen LogP contribution in [0.3, 0.4) is 0 Å². The summed E-state index contributed by atoms with van der Waals surface area (Å²) in [5.41, 5.74) is 0.933. The standard InChI is InChI=1S/C12H17N3OS/c1-14-8-5-12(6-9-14)11-10(4-3-7-13-11)17(16)15(12)2/h3-4,7H,5-6,8-9H2,1-2H3. The Labute approximate surface area is 104 Å². The molecule has 0 N–H and O–H groups in total. The first-order valence-corrected chi connectivity index (χ1v) is 7.05. The van der Waals surface area contributed by atoms with Crippen molar-refractivity contribution in [2.75, 3.05) is 27.2 Å². The van der Waals surface area contributed by atoms with Crippen molar-refractivity contribution in [3.05, 3.63) is 24.0 Å². The van der Waals surface area contributed by atoms with E-state index < -0.39 is 11.0 Å². The summed E-state index contributed by atoms with van der Waals surface area (Å²) < 4.78 is 14.3. The van der Waals surface area contributed by atoms with E-state index in [9.17, 15) is 4.21 Å². The fourth-order valence-corrected chi connectivity index (χ4v) is 4.36. The van der Waals surface area contributed by atoms with Crippen LogP contribution in [0.15, 0.2) is 23.2 Å². The van der Waals surface area contributed by atoms with Gasteiger partial charge in [0.1, 0.15) is 11.0 Å². The van der Waals surface area contributed by atoms with Gasteiger partial charge in [-0.1, -0.05) is 0 Å². The molecule has 0 radical (unpaired) electrons. The first-order valence-electron chi connectivity index (χ1n) is 5.95. The molecule has 0 amide bonds. The van der Waals surface area contributed by atoms with Crippen LogP contribution in [-0.4, -0.2) is 45.6 Å². The van der Waals surface area contributed by atoms with Crippen molar-refractivity contribution < 1.29 is 4.21 Å². The Morgan fingerprint density at radius 2 is 2.06 bits per heavy atom. The molecule has 92 valence electrons. The molecule has 1 saturated heterocycles. The van der Waals surface area contributed by atoms with Gasteiger partial charge in [0, 0.05) is 26.3 Å². The van der Waals surface area contributed by atoms with Gasteiger partial charge in [-0.2, -0.15) is 0 Å². The molecule has 1 aromatic heterocycles. The summed E-state index contributed by atoms with van der Waals surface area (Å²) in [6.45, 7) is 2.08. The average molecular weight is 251 g/mol. The lowest BCUT2D eigenvalue weighted by Crippen LogP contribution is -2.48. The number of aromatic nitrogens is 1. The quantitative estimate of drug-likeness (QED) is 0.689. The number of fused-ring (bicyclic) bond motifs is 2. The Balaban J connectivity index is 2.09. The Morgan fingerprint density at radius 3 is 2.76 bits per heavy atom. The summed E-state index contributed by atoms with van der Waals surface area (Å²) in [4.78, 5) is 7.73. The van der Waals surface area contributed by atoms with Gasteiger partial charge in [0.25, 0.3) is 0 Å². The largest absolute Gasteiger partial charge is 0.306 e. The highest BCUT2D eigenvalue weighted by molar-refractivity contribution is 7.83. The van der Waals surface area contributed by atoms with Crippen molar-refractivity contribution >= 4 is 11.0 Å². The van der Waals surface area contributed by atoms with Crippen LogP contribution in [0.5, 0.6) is 0 Å². The highest BCUT2D eigenvalue weighted by atomic mass is 32.2. The van der Waals surface area contributed by atoms with E-state index in [-0.39, 0.29) is 5.54 Å². The van der Waals surface area contributed by atoms with Crippen LogP contribution in [-0.2, 0) is 16.5 Å². The molecule has 0 aromatic carbocycles. The van der Waals surface area contributed by atoms with Crippen LogP contribution in [0.25, 0.3) is 0 Å². The fraction of sp³-hybridized carbons (Fsp3) is 0.583. The van der Waals surface area contributed by atoms with Crippen molar-refractivity contribution in [2.24, 2.45) is 0 Å². The number of pyridine rings is 1. The van der Waals surface area contributed by atoms with Crippen LogP contribution < -0.4 is 0 Å². The van der Waals surface area contributed by atoms with E-state index in [2.05, 4.69) is 16.9 Å². The molecule has 1 spiro atoms. The molecule has 0 saturated carbocycles. The molecule has 17 heavy (non-hydrogen) atoms. The van der Waals surface area contributed by atoms with Crippen molar-refractivity contribution in [1.29, 1.82) is 0 Å². The maximum atomic E-state index is 12.3. The molecule has 1 fully saturated rings. The van der Waals surface area contributed by atoms with Crippen LogP contribution in [0, 0.1) is 0 Å². The van der Waals surface area contributed by atoms with E-state index >= 15 is 0 Å². The van der Waals surface area contributed by atoms with Crippen LogP contribution >= 0.6 is 0 Å². The minimum absolute atomic E-state index is 0.103. The maximum absolute atomic E-state index is 12.3. The van der Waals surface area contributed by atoms with Gasteiger partial charge in [-0.05, 0) is 32.0 Å². The number of likely N-dealkylation sites (tertiary alicyclic amines) is 1. The number of piperidine rings is 1. The SMILES string of the molecule is CN1CCC2(CC1)c1ncccc1S(=O)N2C. The molecule has 2 aliphatic rings. The third kappa shape index (κ3) is 1.49. The molecule has 3 rings (SSSR count). The second-order valence-corrected chi connectivity index (χ2v) is 6.42. The minimum Gasteiger partial charge on any atom is -0.306 e. The van der Waals surface area contributed by atoms with Crippen molar-refractivity contribution in [2.45, 2.75) is 23.3 Å². The summed E-state index contributed by atoms with van der Waals surface area (Å²) in [6, 6.07) is 3.82. The third-order valence-corrected chi connectivity index (χ3v) is 5.62. The smallest absolute Gasteiger partial charge is 0.130 e. The normalized spacial score (nSPS) is 28.5. The molecular formula is C12H17N3OS. The molecule has 1 unspecified atom stereocenters. The summed E-state index contributed by atoms with van der Waals surface area (Å²) >= 11 is 0. The van der Waals surface area contributed by atoms with Gasteiger partial charge in [-0.15, -0.1) is 0 Å². The Morgan fingerprint density at radius 1 is 1.35 bits per heavy atom. The third-order valence-electron chi connectivity index (χ3n) is 4.07. The first-order chi connectivity index (χ1) is 8.15. The maximum Gasteiger partial charge on any atom is 0.130 e. The van der Waals surface area contributed by atoms with Gasteiger partial charge in [-0.3, -0.25) is 4.98 Å². The van der Waals surface area contributed by atoms with E-state index in [1.807, 2.05) is 29.7 Å². The first kappa shape index (κ1) is 11.3. The molecule has 0 aliphatic carbocycles. The Hall–Kier alpha value is -0.780. The number of hydrogen-bond acceptors (Lipinski definition) is 3. The second-order valence-electron chi connectivity index (χ2n) is 4.93. The Bertz CT molecular complexity index is 469. The van der Waals surface area contributed by atoms with Crippen LogP contribution in [0.4, 0.5) is 0 Å². The van der Waals surface area contributed by atoms with Gasteiger partial charge in [-0.25, -0.2) is 8.51 Å². The fourth-order valence-electron chi connectivity index (χ4n) is 2.88. The summed E-state index contributed by atoms with van der Waals surface area (Å²) in [5, 5.41) is 0. The molecule has 1 atom stereocenters. The Kier molecular flexibility index (Phi) is 2.57.